The van der Waals surface area contributed by atoms with Gasteiger partial charge in [-0.15, -0.1) is 24.8 Å². The van der Waals surface area contributed by atoms with Gasteiger partial charge < -0.3 is 15.2 Å². The number of aromatic nitrogens is 2. The zero-order chi connectivity index (χ0) is 17.8. The lowest BCUT2D eigenvalue weighted by Crippen LogP contribution is -2.46. The summed E-state index contributed by atoms with van der Waals surface area (Å²) in [6.07, 6.45) is 5.56. The van der Waals surface area contributed by atoms with E-state index in [1.807, 2.05) is 6.20 Å². The monoisotopic (exact) mass is 420 g/mol. The van der Waals surface area contributed by atoms with E-state index in [0.29, 0.717) is 5.92 Å². The molecule has 27 heavy (non-hydrogen) atoms. The third kappa shape index (κ3) is 6.08. The predicted octanol–water partition coefficient (Wildman–Crippen LogP) is 0.522. The molecule has 0 aliphatic carbocycles. The number of amides is 4. The van der Waals surface area contributed by atoms with Gasteiger partial charge in [0.1, 0.15) is 13.1 Å². The zero-order valence-electron chi connectivity index (χ0n) is 15.1. The Morgan fingerprint density at radius 1 is 1.33 bits per heavy atom. The number of urea groups is 1. The summed E-state index contributed by atoms with van der Waals surface area (Å²) in [5, 5.41) is 5.22. The number of hydrogen-bond donors (Lipinski definition) is 3. The second-order valence-corrected chi connectivity index (χ2v) is 6.70. The molecule has 0 saturated carbocycles. The van der Waals surface area contributed by atoms with Crippen molar-refractivity contribution < 1.29 is 14.4 Å². The third-order valence-corrected chi connectivity index (χ3v) is 4.67. The van der Waals surface area contributed by atoms with Gasteiger partial charge in [0, 0.05) is 37.6 Å². The fourth-order valence-electron chi connectivity index (χ4n) is 3.57. The van der Waals surface area contributed by atoms with Crippen LogP contribution in [0, 0.1) is 5.92 Å². The van der Waals surface area contributed by atoms with Crippen LogP contribution in [0.15, 0.2) is 12.5 Å². The van der Waals surface area contributed by atoms with Gasteiger partial charge in [-0.1, -0.05) is 13.3 Å². The number of hydrogen-bond acceptors (Lipinski definition) is 5. The van der Waals surface area contributed by atoms with E-state index in [2.05, 4.69) is 32.4 Å². The third-order valence-electron chi connectivity index (χ3n) is 4.67. The quantitative estimate of drug-likeness (QED) is 0.556. The average Bonchev–Trinajstić information content (AvgIpc) is 3.24. The van der Waals surface area contributed by atoms with Crippen LogP contribution in [0.4, 0.5) is 4.79 Å². The summed E-state index contributed by atoms with van der Waals surface area (Å²) in [5.41, 5.74) is 1.05. The van der Waals surface area contributed by atoms with Crippen LogP contribution in [0.25, 0.3) is 0 Å². The van der Waals surface area contributed by atoms with Crippen molar-refractivity contribution in [1.82, 2.24) is 30.4 Å². The van der Waals surface area contributed by atoms with Gasteiger partial charge in [-0.05, 0) is 12.3 Å². The van der Waals surface area contributed by atoms with Crippen LogP contribution < -0.4 is 10.6 Å². The summed E-state index contributed by atoms with van der Waals surface area (Å²) in [5.74, 6) is -0.210. The number of imide groups is 1. The number of carbonyl (C=O) groups excluding carboxylic acids is 3. The molecule has 3 N–H and O–H groups in total. The Kier molecular flexibility index (Phi) is 9.01. The SMILES string of the molecule is CCC[C@H]1CN(Cc2cnc[nH]2)C[C@@H]1NC(=O)CN1CC(=O)NC1=O.Cl.Cl. The maximum absolute atomic E-state index is 12.3. The molecule has 3 rings (SSSR count). The Labute approximate surface area is 170 Å². The highest BCUT2D eigenvalue weighted by Crippen LogP contribution is 2.23. The Bertz CT molecular complexity index is 642. The van der Waals surface area contributed by atoms with Crippen LogP contribution in [-0.2, 0) is 16.1 Å². The van der Waals surface area contributed by atoms with E-state index in [4.69, 9.17) is 0 Å². The molecule has 1 aromatic heterocycles. The molecule has 2 fully saturated rings. The molecule has 0 radical (unpaired) electrons. The predicted molar refractivity (Wildman–Crippen MR) is 104 cm³/mol. The topological polar surface area (TPSA) is 110 Å². The number of aromatic amines is 1. The summed E-state index contributed by atoms with van der Waals surface area (Å²) >= 11 is 0. The molecule has 2 atom stereocenters. The maximum Gasteiger partial charge on any atom is 0.325 e. The molecule has 11 heteroatoms. The molecule has 0 unspecified atom stereocenters. The van der Waals surface area contributed by atoms with Crippen molar-refractivity contribution in [1.29, 1.82) is 0 Å². The first-order valence-electron chi connectivity index (χ1n) is 8.63. The van der Waals surface area contributed by atoms with Crippen molar-refractivity contribution in [3.63, 3.8) is 0 Å². The van der Waals surface area contributed by atoms with E-state index >= 15 is 0 Å². The molecule has 1 aromatic rings. The molecular formula is C16H26Cl2N6O3. The van der Waals surface area contributed by atoms with Crippen LogP contribution in [0.2, 0.25) is 0 Å². The first-order chi connectivity index (χ1) is 12.0. The highest BCUT2D eigenvalue weighted by molar-refractivity contribution is 6.03. The summed E-state index contributed by atoms with van der Waals surface area (Å²) < 4.78 is 0. The number of rotatable bonds is 7. The lowest BCUT2D eigenvalue weighted by molar-refractivity contribution is -0.122. The normalized spacial score (nSPS) is 22.2. The molecule has 2 aliphatic heterocycles. The highest BCUT2D eigenvalue weighted by atomic mass is 35.5. The summed E-state index contributed by atoms with van der Waals surface area (Å²) in [4.78, 5) is 45.7. The van der Waals surface area contributed by atoms with Gasteiger partial charge in [-0.2, -0.15) is 0 Å². The van der Waals surface area contributed by atoms with E-state index in [0.717, 1.165) is 38.2 Å². The molecule has 9 nitrogen and oxygen atoms in total. The fraction of sp³-hybridized carbons (Fsp3) is 0.625. The molecule has 0 spiro atoms. The molecular weight excluding hydrogens is 395 g/mol. The smallest absolute Gasteiger partial charge is 0.325 e. The van der Waals surface area contributed by atoms with Gasteiger partial charge in [0.2, 0.25) is 11.8 Å². The summed E-state index contributed by atoms with van der Waals surface area (Å²) in [6, 6.07) is -0.450. The minimum atomic E-state index is -0.502. The summed E-state index contributed by atoms with van der Waals surface area (Å²) in [6.45, 7) is 4.45. The first kappa shape index (κ1) is 23.2. The molecule has 0 aromatic carbocycles. The van der Waals surface area contributed by atoms with E-state index < -0.39 is 6.03 Å². The standard InChI is InChI=1S/C16H24N6O3.2ClH/c1-2-3-11-5-21(6-12-4-17-10-18-12)7-13(11)19-14(23)8-22-9-15(24)20-16(22)25;;/h4,10-11,13H,2-3,5-9H2,1H3,(H,17,18)(H,19,23)(H,20,24,25);2*1H/t11-,13-;;/m0../s1. The number of carbonyl (C=O) groups is 3. The first-order valence-corrected chi connectivity index (χ1v) is 8.63. The van der Waals surface area contributed by atoms with Gasteiger partial charge in [0.25, 0.3) is 0 Å². The minimum Gasteiger partial charge on any atom is -0.350 e. The van der Waals surface area contributed by atoms with Crippen molar-refractivity contribution in [3.8, 4) is 0 Å². The molecule has 2 aliphatic rings. The van der Waals surface area contributed by atoms with Crippen LogP contribution in [-0.4, -0.2) is 69.8 Å². The number of nitrogens with one attached hydrogen (secondary N) is 3. The second-order valence-electron chi connectivity index (χ2n) is 6.70. The van der Waals surface area contributed by atoms with Crippen LogP contribution >= 0.6 is 24.8 Å². The largest absolute Gasteiger partial charge is 0.350 e. The van der Waals surface area contributed by atoms with Crippen LogP contribution in [0.5, 0.6) is 0 Å². The average molecular weight is 421 g/mol. The van der Waals surface area contributed by atoms with Crippen molar-refractivity contribution in [2.75, 3.05) is 26.2 Å². The van der Waals surface area contributed by atoms with E-state index in [9.17, 15) is 14.4 Å². The van der Waals surface area contributed by atoms with Crippen LogP contribution in [0.1, 0.15) is 25.5 Å². The van der Waals surface area contributed by atoms with Gasteiger partial charge in [0.05, 0.1) is 6.33 Å². The van der Waals surface area contributed by atoms with Crippen molar-refractivity contribution >= 4 is 42.7 Å². The van der Waals surface area contributed by atoms with Crippen molar-refractivity contribution in [2.45, 2.75) is 32.4 Å². The van der Waals surface area contributed by atoms with Gasteiger partial charge in [-0.25, -0.2) is 9.78 Å². The number of nitrogens with zero attached hydrogens (tertiary/aromatic N) is 3. The summed E-state index contributed by atoms with van der Waals surface area (Å²) in [7, 11) is 0. The minimum absolute atomic E-state index is 0. The van der Waals surface area contributed by atoms with Crippen molar-refractivity contribution in [3.05, 3.63) is 18.2 Å². The van der Waals surface area contributed by atoms with Gasteiger partial charge in [0.15, 0.2) is 0 Å². The Morgan fingerprint density at radius 3 is 2.70 bits per heavy atom. The number of likely N-dealkylation sites (tertiary alicyclic amines) is 1. The molecule has 0 bridgehead atoms. The molecule has 4 amide bonds. The van der Waals surface area contributed by atoms with Gasteiger partial charge >= 0.3 is 6.03 Å². The number of halogens is 2. The fourth-order valence-corrected chi connectivity index (χ4v) is 3.57. The Balaban J connectivity index is 0.00000182. The molecule has 3 heterocycles. The highest BCUT2D eigenvalue weighted by Gasteiger charge is 2.34. The molecule has 2 saturated heterocycles. The van der Waals surface area contributed by atoms with Crippen molar-refractivity contribution in [2.24, 2.45) is 5.92 Å². The maximum atomic E-state index is 12.3. The lowest BCUT2D eigenvalue weighted by atomic mass is 9.98. The Hall–Kier alpha value is -1.84. The zero-order valence-corrected chi connectivity index (χ0v) is 16.8. The number of imidazole rings is 1. The number of H-pyrrole nitrogens is 1. The van der Waals surface area contributed by atoms with Crippen LogP contribution in [0.3, 0.4) is 0 Å². The van der Waals surface area contributed by atoms with Gasteiger partial charge in [-0.3, -0.25) is 19.8 Å². The Morgan fingerprint density at radius 2 is 2.11 bits per heavy atom. The van der Waals surface area contributed by atoms with E-state index in [1.165, 1.54) is 4.90 Å². The lowest BCUT2D eigenvalue weighted by Gasteiger charge is -2.21. The van der Waals surface area contributed by atoms with E-state index in [-0.39, 0.29) is 55.8 Å². The molecule has 152 valence electrons. The second kappa shape index (κ2) is 10.5. The van der Waals surface area contributed by atoms with E-state index in [1.54, 1.807) is 6.33 Å².